The summed E-state index contributed by atoms with van der Waals surface area (Å²) in [5.41, 5.74) is -0.0899. The molecule has 0 spiro atoms. The molecule has 2 N–H and O–H groups in total. The second-order valence-electron chi connectivity index (χ2n) is 4.50. The highest BCUT2D eigenvalue weighted by atomic mass is 79.9. The molecule has 5 heteroatoms. The van der Waals surface area contributed by atoms with Crippen molar-refractivity contribution < 1.29 is 14.3 Å². The highest BCUT2D eigenvalue weighted by molar-refractivity contribution is 9.10. The van der Waals surface area contributed by atoms with E-state index in [-0.39, 0.29) is 24.8 Å². The predicted octanol–water partition coefficient (Wildman–Crippen LogP) is 2.02. The van der Waals surface area contributed by atoms with Crippen LogP contribution in [0.2, 0.25) is 0 Å². The van der Waals surface area contributed by atoms with Crippen LogP contribution in [0.4, 0.5) is 4.39 Å². The molecule has 1 aromatic rings. The van der Waals surface area contributed by atoms with Crippen molar-refractivity contribution in [2.75, 3.05) is 6.61 Å². The number of halogens is 2. The summed E-state index contributed by atoms with van der Waals surface area (Å²) < 4.78 is 13.7. The third kappa shape index (κ3) is 4.44. The normalized spacial score (nSPS) is 11.4. The number of aliphatic hydroxyl groups excluding tert-OH is 1. The first-order valence-corrected chi connectivity index (χ1v) is 5.99. The number of hydrogen-bond donors (Lipinski definition) is 2. The van der Waals surface area contributed by atoms with Crippen molar-refractivity contribution in [3.63, 3.8) is 0 Å². The van der Waals surface area contributed by atoms with Crippen molar-refractivity contribution in [3.05, 3.63) is 34.1 Å². The molecule has 0 saturated heterocycles. The Balaban J connectivity index is 2.71. The number of benzene rings is 1. The average Bonchev–Trinajstić information content (AvgIpc) is 2.23. The fourth-order valence-corrected chi connectivity index (χ4v) is 1.70. The van der Waals surface area contributed by atoms with E-state index >= 15 is 0 Å². The zero-order valence-electron chi connectivity index (χ0n) is 9.76. The van der Waals surface area contributed by atoms with Crippen LogP contribution in [0.25, 0.3) is 0 Å². The zero-order chi connectivity index (χ0) is 13.1. The molecule has 0 heterocycles. The summed E-state index contributed by atoms with van der Waals surface area (Å²) in [6, 6.07) is 4.20. The summed E-state index contributed by atoms with van der Waals surface area (Å²) in [6.07, 6.45) is 0.0712. The van der Waals surface area contributed by atoms with Crippen LogP contribution in [-0.4, -0.2) is 23.2 Å². The van der Waals surface area contributed by atoms with Crippen molar-refractivity contribution in [1.29, 1.82) is 0 Å². The molecule has 3 nitrogen and oxygen atoms in total. The summed E-state index contributed by atoms with van der Waals surface area (Å²) >= 11 is 3.26. The molecule has 0 fully saturated rings. The van der Waals surface area contributed by atoms with E-state index in [2.05, 4.69) is 21.2 Å². The lowest BCUT2D eigenvalue weighted by atomic mass is 10.1. The van der Waals surface area contributed by atoms with Crippen LogP contribution < -0.4 is 5.32 Å². The van der Waals surface area contributed by atoms with Gasteiger partial charge in [-0.25, -0.2) is 4.39 Å². The Bertz CT molecular complexity index is 421. The maximum absolute atomic E-state index is 13.0. The minimum atomic E-state index is -0.670. The SMILES string of the molecule is CC(C)(CO)NC(=O)Cc1cc(F)ccc1Br. The quantitative estimate of drug-likeness (QED) is 0.894. The molecule has 0 aliphatic carbocycles. The average molecular weight is 304 g/mol. The first-order chi connectivity index (χ1) is 7.84. The highest BCUT2D eigenvalue weighted by Gasteiger charge is 2.19. The van der Waals surface area contributed by atoms with Crippen molar-refractivity contribution in [1.82, 2.24) is 5.32 Å². The van der Waals surface area contributed by atoms with Crippen molar-refractivity contribution in [3.8, 4) is 0 Å². The third-order valence-electron chi connectivity index (χ3n) is 2.23. The molecular weight excluding hydrogens is 289 g/mol. The molecule has 1 rings (SSSR count). The summed E-state index contributed by atoms with van der Waals surface area (Å²) in [7, 11) is 0. The van der Waals surface area contributed by atoms with E-state index < -0.39 is 5.54 Å². The van der Waals surface area contributed by atoms with E-state index in [9.17, 15) is 9.18 Å². The number of amides is 1. The first-order valence-electron chi connectivity index (χ1n) is 5.20. The number of carbonyl (C=O) groups is 1. The molecule has 0 saturated carbocycles. The van der Waals surface area contributed by atoms with Gasteiger partial charge < -0.3 is 10.4 Å². The van der Waals surface area contributed by atoms with Crippen LogP contribution in [-0.2, 0) is 11.2 Å². The number of nitrogens with one attached hydrogen (secondary N) is 1. The van der Waals surface area contributed by atoms with Gasteiger partial charge in [-0.05, 0) is 37.6 Å². The Morgan fingerprint density at radius 1 is 1.53 bits per heavy atom. The van der Waals surface area contributed by atoms with E-state index in [1.165, 1.54) is 12.1 Å². The Morgan fingerprint density at radius 3 is 2.76 bits per heavy atom. The summed E-state index contributed by atoms with van der Waals surface area (Å²) in [5.74, 6) is -0.632. The maximum atomic E-state index is 13.0. The fraction of sp³-hybridized carbons (Fsp3) is 0.417. The number of hydrogen-bond acceptors (Lipinski definition) is 2. The minimum absolute atomic E-state index is 0.0712. The lowest BCUT2D eigenvalue weighted by molar-refractivity contribution is -0.122. The molecule has 0 unspecified atom stereocenters. The summed E-state index contributed by atoms with van der Waals surface area (Å²) in [6.45, 7) is 3.28. The molecule has 0 aliphatic rings. The van der Waals surface area contributed by atoms with Crippen LogP contribution in [0.1, 0.15) is 19.4 Å². The van der Waals surface area contributed by atoms with Gasteiger partial charge in [0.05, 0.1) is 18.6 Å². The smallest absolute Gasteiger partial charge is 0.224 e. The van der Waals surface area contributed by atoms with Gasteiger partial charge in [0.25, 0.3) is 0 Å². The third-order valence-corrected chi connectivity index (χ3v) is 3.01. The van der Waals surface area contributed by atoms with Crippen LogP contribution in [0, 0.1) is 5.82 Å². The van der Waals surface area contributed by atoms with Crippen LogP contribution in [0.15, 0.2) is 22.7 Å². The van der Waals surface area contributed by atoms with Crippen molar-refractivity contribution in [2.24, 2.45) is 0 Å². The van der Waals surface area contributed by atoms with Crippen molar-refractivity contribution >= 4 is 21.8 Å². The summed E-state index contributed by atoms with van der Waals surface area (Å²) in [4.78, 5) is 11.7. The lowest BCUT2D eigenvalue weighted by Gasteiger charge is -2.23. The Morgan fingerprint density at radius 2 is 2.18 bits per heavy atom. The van der Waals surface area contributed by atoms with E-state index in [1.54, 1.807) is 19.9 Å². The van der Waals surface area contributed by atoms with Gasteiger partial charge in [-0.2, -0.15) is 0 Å². The van der Waals surface area contributed by atoms with Gasteiger partial charge in [-0.3, -0.25) is 4.79 Å². The topological polar surface area (TPSA) is 49.3 Å². The van der Waals surface area contributed by atoms with Crippen LogP contribution in [0.5, 0.6) is 0 Å². The second-order valence-corrected chi connectivity index (χ2v) is 5.36. The molecule has 94 valence electrons. The summed E-state index contributed by atoms with van der Waals surface area (Å²) in [5, 5.41) is 11.7. The Labute approximate surface area is 108 Å². The molecule has 1 aromatic carbocycles. The zero-order valence-corrected chi connectivity index (χ0v) is 11.3. The van der Waals surface area contributed by atoms with E-state index in [4.69, 9.17) is 5.11 Å². The van der Waals surface area contributed by atoms with Crippen molar-refractivity contribution in [2.45, 2.75) is 25.8 Å². The fourth-order valence-electron chi connectivity index (χ4n) is 1.31. The standard InChI is InChI=1S/C12H15BrFNO2/c1-12(2,7-16)15-11(17)6-8-5-9(14)3-4-10(8)13/h3-5,16H,6-7H2,1-2H3,(H,15,17). The monoisotopic (exact) mass is 303 g/mol. The molecule has 0 aliphatic heterocycles. The first kappa shape index (κ1) is 14.1. The van der Waals surface area contributed by atoms with Gasteiger partial charge in [-0.15, -0.1) is 0 Å². The molecule has 0 radical (unpaired) electrons. The number of aliphatic hydroxyl groups is 1. The van der Waals surface area contributed by atoms with E-state index in [1.807, 2.05) is 0 Å². The maximum Gasteiger partial charge on any atom is 0.224 e. The van der Waals surface area contributed by atoms with Crippen LogP contribution in [0.3, 0.4) is 0 Å². The largest absolute Gasteiger partial charge is 0.394 e. The molecule has 17 heavy (non-hydrogen) atoms. The van der Waals surface area contributed by atoms with Gasteiger partial charge in [0, 0.05) is 4.47 Å². The van der Waals surface area contributed by atoms with Gasteiger partial charge in [0.1, 0.15) is 5.82 Å². The number of rotatable bonds is 4. The van der Waals surface area contributed by atoms with Crippen LogP contribution >= 0.6 is 15.9 Å². The van der Waals surface area contributed by atoms with Gasteiger partial charge in [0.15, 0.2) is 0 Å². The predicted molar refractivity (Wildman–Crippen MR) is 67.1 cm³/mol. The molecule has 0 bridgehead atoms. The van der Waals surface area contributed by atoms with Gasteiger partial charge in [-0.1, -0.05) is 15.9 Å². The molecular formula is C12H15BrFNO2. The van der Waals surface area contributed by atoms with E-state index in [0.29, 0.717) is 10.0 Å². The number of carbonyl (C=O) groups excluding carboxylic acids is 1. The lowest BCUT2D eigenvalue weighted by Crippen LogP contribution is -2.46. The van der Waals surface area contributed by atoms with Gasteiger partial charge >= 0.3 is 0 Å². The second kappa shape index (κ2) is 5.60. The highest BCUT2D eigenvalue weighted by Crippen LogP contribution is 2.18. The Hall–Kier alpha value is -0.940. The van der Waals surface area contributed by atoms with Gasteiger partial charge in [0.2, 0.25) is 5.91 Å². The molecule has 0 aromatic heterocycles. The minimum Gasteiger partial charge on any atom is -0.394 e. The Kier molecular flexibility index (Phi) is 4.65. The molecule has 0 atom stereocenters. The van der Waals surface area contributed by atoms with E-state index in [0.717, 1.165) is 0 Å². The molecule has 1 amide bonds.